The molecule has 1 saturated heterocycles. The number of anilines is 1. The van der Waals surface area contributed by atoms with Crippen LogP contribution in [-0.2, 0) is 11.2 Å². The van der Waals surface area contributed by atoms with Crippen LogP contribution in [0.5, 0.6) is 0 Å². The number of aryl methyl sites for hydroxylation is 1. The van der Waals surface area contributed by atoms with Gasteiger partial charge in [-0.25, -0.2) is 4.98 Å². The minimum atomic E-state index is 0.110. The van der Waals surface area contributed by atoms with Crippen LogP contribution in [0.4, 0.5) is 5.00 Å². The first-order chi connectivity index (χ1) is 8.56. The smallest absolute Gasteiger partial charge is 0.229 e. The molecule has 0 spiro atoms. The van der Waals surface area contributed by atoms with Crippen molar-refractivity contribution < 1.29 is 4.79 Å². The molecule has 0 saturated carbocycles. The summed E-state index contributed by atoms with van der Waals surface area (Å²) in [7, 11) is 0. The lowest BCUT2D eigenvalue weighted by Crippen LogP contribution is -2.24. The molecule has 1 aliphatic rings. The molecule has 0 aliphatic carbocycles. The molecule has 1 aliphatic heterocycles. The van der Waals surface area contributed by atoms with Gasteiger partial charge in [0.2, 0.25) is 5.91 Å². The standard InChI is InChI=1S/C13H21N3OS/c1-8(2)6-11-13(18-9(3)15-11)16-12(17)10-4-5-14-7-10/h8,10,14H,4-7H2,1-3H3,(H,16,17). The number of carbonyl (C=O) groups excluding carboxylic acids is 1. The van der Waals surface area contributed by atoms with Crippen molar-refractivity contribution in [2.75, 3.05) is 18.4 Å². The van der Waals surface area contributed by atoms with Crippen molar-refractivity contribution in [3.63, 3.8) is 0 Å². The van der Waals surface area contributed by atoms with Crippen LogP contribution in [0, 0.1) is 18.8 Å². The first kappa shape index (κ1) is 13.5. The van der Waals surface area contributed by atoms with Crippen LogP contribution in [-0.4, -0.2) is 24.0 Å². The summed E-state index contributed by atoms with van der Waals surface area (Å²) in [5.41, 5.74) is 1.03. The van der Waals surface area contributed by atoms with Gasteiger partial charge in [-0.2, -0.15) is 0 Å². The fourth-order valence-corrected chi connectivity index (χ4v) is 3.04. The number of hydrogen-bond acceptors (Lipinski definition) is 4. The molecule has 5 heteroatoms. The van der Waals surface area contributed by atoms with Crippen LogP contribution < -0.4 is 10.6 Å². The maximum atomic E-state index is 12.1. The number of thiazole rings is 1. The lowest BCUT2D eigenvalue weighted by Gasteiger charge is -2.10. The Kier molecular flexibility index (Phi) is 4.35. The summed E-state index contributed by atoms with van der Waals surface area (Å²) in [5.74, 6) is 0.795. The fraction of sp³-hybridized carbons (Fsp3) is 0.692. The molecule has 2 rings (SSSR count). The lowest BCUT2D eigenvalue weighted by atomic mass is 10.1. The van der Waals surface area contributed by atoms with Crippen molar-refractivity contribution in [3.8, 4) is 0 Å². The van der Waals surface area contributed by atoms with Crippen molar-refractivity contribution in [2.24, 2.45) is 11.8 Å². The SMILES string of the molecule is Cc1nc(CC(C)C)c(NC(=O)C2CCNC2)s1. The highest BCUT2D eigenvalue weighted by Gasteiger charge is 2.24. The van der Waals surface area contributed by atoms with E-state index in [4.69, 9.17) is 0 Å². The van der Waals surface area contributed by atoms with Crippen LogP contribution in [0.15, 0.2) is 0 Å². The van der Waals surface area contributed by atoms with Gasteiger partial charge in [0.1, 0.15) is 5.00 Å². The van der Waals surface area contributed by atoms with E-state index in [2.05, 4.69) is 29.5 Å². The van der Waals surface area contributed by atoms with Crippen molar-refractivity contribution >= 4 is 22.2 Å². The molecular weight excluding hydrogens is 246 g/mol. The number of nitrogens with one attached hydrogen (secondary N) is 2. The number of carbonyl (C=O) groups is 1. The summed E-state index contributed by atoms with van der Waals surface area (Å²) in [6.07, 6.45) is 1.85. The number of hydrogen-bond donors (Lipinski definition) is 2. The molecule has 0 bridgehead atoms. The molecule has 1 amide bonds. The first-order valence-electron chi connectivity index (χ1n) is 6.54. The minimum absolute atomic E-state index is 0.110. The van der Waals surface area contributed by atoms with Crippen LogP contribution >= 0.6 is 11.3 Å². The third-order valence-electron chi connectivity index (χ3n) is 3.07. The molecule has 4 nitrogen and oxygen atoms in total. The third-order valence-corrected chi connectivity index (χ3v) is 4.00. The molecule has 1 unspecified atom stereocenters. The van der Waals surface area contributed by atoms with Gasteiger partial charge in [-0.15, -0.1) is 11.3 Å². The van der Waals surface area contributed by atoms with E-state index >= 15 is 0 Å². The second-order valence-electron chi connectivity index (χ2n) is 5.29. The Labute approximate surface area is 112 Å². The number of nitrogens with zero attached hydrogens (tertiary/aromatic N) is 1. The molecule has 100 valence electrons. The number of aromatic nitrogens is 1. The monoisotopic (exact) mass is 267 g/mol. The Bertz CT molecular complexity index is 422. The van der Waals surface area contributed by atoms with Gasteiger partial charge in [0, 0.05) is 6.54 Å². The Morgan fingerprint density at radius 2 is 2.39 bits per heavy atom. The topological polar surface area (TPSA) is 54.0 Å². The second-order valence-corrected chi connectivity index (χ2v) is 6.49. The maximum Gasteiger partial charge on any atom is 0.229 e. The van der Waals surface area contributed by atoms with Gasteiger partial charge in [0.25, 0.3) is 0 Å². The van der Waals surface area contributed by atoms with E-state index in [9.17, 15) is 4.79 Å². The van der Waals surface area contributed by atoms with E-state index < -0.39 is 0 Å². The van der Waals surface area contributed by atoms with Gasteiger partial charge in [0.05, 0.1) is 16.6 Å². The van der Waals surface area contributed by atoms with Gasteiger partial charge in [-0.3, -0.25) is 4.79 Å². The largest absolute Gasteiger partial charge is 0.316 e. The third kappa shape index (κ3) is 3.29. The predicted octanol–water partition coefficient (Wildman–Crippen LogP) is 2.20. The van der Waals surface area contributed by atoms with E-state index in [0.717, 1.165) is 41.6 Å². The van der Waals surface area contributed by atoms with Crippen LogP contribution in [0.1, 0.15) is 31.0 Å². The first-order valence-corrected chi connectivity index (χ1v) is 7.35. The highest BCUT2D eigenvalue weighted by Crippen LogP contribution is 2.27. The average Bonchev–Trinajstić information content (AvgIpc) is 2.88. The Morgan fingerprint density at radius 3 is 3.00 bits per heavy atom. The van der Waals surface area contributed by atoms with Crippen molar-refractivity contribution in [1.82, 2.24) is 10.3 Å². The molecule has 18 heavy (non-hydrogen) atoms. The summed E-state index contributed by atoms with van der Waals surface area (Å²) >= 11 is 1.58. The van der Waals surface area contributed by atoms with E-state index in [0.29, 0.717) is 5.92 Å². The van der Waals surface area contributed by atoms with Crippen LogP contribution in [0.3, 0.4) is 0 Å². The fourth-order valence-electron chi connectivity index (χ4n) is 2.19. The quantitative estimate of drug-likeness (QED) is 0.879. The zero-order valence-electron chi connectivity index (χ0n) is 11.2. The van der Waals surface area contributed by atoms with E-state index in [1.54, 1.807) is 11.3 Å². The van der Waals surface area contributed by atoms with Crippen molar-refractivity contribution in [3.05, 3.63) is 10.7 Å². The maximum absolute atomic E-state index is 12.1. The molecular formula is C13H21N3OS. The second kappa shape index (κ2) is 5.80. The number of amides is 1. The summed E-state index contributed by atoms with van der Waals surface area (Å²) in [6.45, 7) is 8.06. The molecule has 0 aromatic carbocycles. The molecule has 1 aromatic rings. The summed E-state index contributed by atoms with van der Waals surface area (Å²) in [6, 6.07) is 0. The van der Waals surface area contributed by atoms with Crippen molar-refractivity contribution in [2.45, 2.75) is 33.6 Å². The molecule has 0 radical (unpaired) electrons. The van der Waals surface area contributed by atoms with Gasteiger partial charge >= 0.3 is 0 Å². The number of rotatable bonds is 4. The summed E-state index contributed by atoms with van der Waals surface area (Å²) in [4.78, 5) is 16.6. The summed E-state index contributed by atoms with van der Waals surface area (Å²) in [5, 5.41) is 8.24. The Hall–Kier alpha value is -0.940. The highest BCUT2D eigenvalue weighted by molar-refractivity contribution is 7.16. The van der Waals surface area contributed by atoms with Crippen LogP contribution in [0.2, 0.25) is 0 Å². The molecule has 1 fully saturated rings. The predicted molar refractivity (Wildman–Crippen MR) is 75.0 cm³/mol. The van der Waals surface area contributed by atoms with Crippen molar-refractivity contribution in [1.29, 1.82) is 0 Å². The molecule has 2 N–H and O–H groups in total. The minimum Gasteiger partial charge on any atom is -0.316 e. The Morgan fingerprint density at radius 1 is 1.61 bits per heavy atom. The van der Waals surface area contributed by atoms with Gasteiger partial charge < -0.3 is 10.6 Å². The highest BCUT2D eigenvalue weighted by atomic mass is 32.1. The zero-order valence-corrected chi connectivity index (χ0v) is 12.1. The molecule has 1 aromatic heterocycles. The van der Waals surface area contributed by atoms with Gasteiger partial charge in [-0.1, -0.05) is 13.8 Å². The normalized spacial score (nSPS) is 19.4. The van der Waals surface area contributed by atoms with E-state index in [1.807, 2.05) is 6.92 Å². The molecule has 1 atom stereocenters. The average molecular weight is 267 g/mol. The zero-order chi connectivity index (χ0) is 13.1. The van der Waals surface area contributed by atoms with E-state index in [1.165, 1.54) is 0 Å². The molecule has 2 heterocycles. The van der Waals surface area contributed by atoms with E-state index in [-0.39, 0.29) is 11.8 Å². The van der Waals surface area contributed by atoms with Crippen LogP contribution in [0.25, 0.3) is 0 Å². The summed E-state index contributed by atoms with van der Waals surface area (Å²) < 4.78 is 0. The lowest BCUT2D eigenvalue weighted by molar-refractivity contribution is -0.119. The van der Waals surface area contributed by atoms with Gasteiger partial charge in [-0.05, 0) is 32.2 Å². The Balaban J connectivity index is 2.05. The van der Waals surface area contributed by atoms with Gasteiger partial charge in [0.15, 0.2) is 0 Å².